The number of aryl methyl sites for hydroxylation is 1. The molecule has 0 aromatic carbocycles. The Morgan fingerprint density at radius 2 is 1.88 bits per heavy atom. The fourth-order valence-electron chi connectivity index (χ4n) is 2.64. The predicted octanol–water partition coefficient (Wildman–Crippen LogP) is 3.25. The first kappa shape index (κ1) is 16.5. The van der Waals surface area contributed by atoms with Crippen molar-refractivity contribution in [2.75, 3.05) is 18.0 Å². The molecule has 0 atom stereocenters. The van der Waals surface area contributed by atoms with Crippen molar-refractivity contribution < 1.29 is 17.9 Å². The van der Waals surface area contributed by atoms with Gasteiger partial charge in [0, 0.05) is 32.1 Å². The molecule has 5 nitrogen and oxygen atoms in total. The lowest BCUT2D eigenvalue weighted by molar-refractivity contribution is -0.141. The van der Waals surface area contributed by atoms with Crippen LogP contribution in [0.3, 0.4) is 0 Å². The summed E-state index contributed by atoms with van der Waals surface area (Å²) in [6.07, 6.45) is 1.66. The van der Waals surface area contributed by atoms with E-state index in [0.717, 1.165) is 24.6 Å². The minimum atomic E-state index is -4.41. The van der Waals surface area contributed by atoms with Gasteiger partial charge in [-0.1, -0.05) is 0 Å². The Balaban J connectivity index is 1.57. The van der Waals surface area contributed by atoms with E-state index in [2.05, 4.69) is 15.0 Å². The van der Waals surface area contributed by atoms with E-state index in [9.17, 15) is 13.2 Å². The van der Waals surface area contributed by atoms with Crippen LogP contribution >= 0.6 is 0 Å². The van der Waals surface area contributed by atoms with Crippen molar-refractivity contribution in [3.8, 4) is 5.88 Å². The van der Waals surface area contributed by atoms with E-state index < -0.39 is 11.9 Å². The van der Waals surface area contributed by atoms with Gasteiger partial charge in [0.2, 0.25) is 5.88 Å². The standard InChI is InChI=1S/C16H17F3N4O/c1-11-8-20-10-15(22-11)24-13-4-6-23(7-5-13)12-2-3-14(21-9-12)16(17,18)19/h2-3,8-10,13H,4-7H2,1H3. The van der Waals surface area contributed by atoms with Gasteiger partial charge < -0.3 is 9.64 Å². The highest BCUT2D eigenvalue weighted by atomic mass is 19.4. The number of alkyl halides is 3. The molecule has 0 N–H and O–H groups in total. The highest BCUT2D eigenvalue weighted by Gasteiger charge is 2.32. The molecule has 128 valence electrons. The van der Waals surface area contributed by atoms with Crippen LogP contribution < -0.4 is 9.64 Å². The molecule has 1 aliphatic heterocycles. The van der Waals surface area contributed by atoms with Crippen LogP contribution in [-0.2, 0) is 6.18 Å². The number of ether oxygens (including phenoxy) is 1. The zero-order valence-corrected chi connectivity index (χ0v) is 13.1. The van der Waals surface area contributed by atoms with Crippen LogP contribution in [0.25, 0.3) is 0 Å². The number of anilines is 1. The van der Waals surface area contributed by atoms with Crippen molar-refractivity contribution in [3.63, 3.8) is 0 Å². The first-order valence-electron chi connectivity index (χ1n) is 7.65. The molecule has 2 aromatic rings. The number of pyridine rings is 1. The number of piperidine rings is 1. The van der Waals surface area contributed by atoms with Crippen LogP contribution in [0.4, 0.5) is 18.9 Å². The summed E-state index contributed by atoms with van der Waals surface area (Å²) >= 11 is 0. The molecule has 0 bridgehead atoms. The third-order valence-electron chi connectivity index (χ3n) is 3.87. The summed E-state index contributed by atoms with van der Waals surface area (Å²) in [5, 5.41) is 0. The molecule has 8 heteroatoms. The van der Waals surface area contributed by atoms with Crippen LogP contribution in [-0.4, -0.2) is 34.1 Å². The van der Waals surface area contributed by atoms with E-state index in [1.54, 1.807) is 12.4 Å². The number of hydrogen-bond acceptors (Lipinski definition) is 5. The Kier molecular flexibility index (Phi) is 4.55. The lowest BCUT2D eigenvalue weighted by Crippen LogP contribution is -2.38. The summed E-state index contributed by atoms with van der Waals surface area (Å²) < 4.78 is 43.5. The van der Waals surface area contributed by atoms with Gasteiger partial charge in [0.1, 0.15) is 11.8 Å². The van der Waals surface area contributed by atoms with Crippen LogP contribution in [0.5, 0.6) is 5.88 Å². The SMILES string of the molecule is Cc1cncc(OC2CCN(c3ccc(C(F)(F)F)nc3)CC2)n1. The van der Waals surface area contributed by atoms with Crippen LogP contribution in [0.2, 0.25) is 0 Å². The van der Waals surface area contributed by atoms with Gasteiger partial charge in [-0.05, 0) is 19.1 Å². The van der Waals surface area contributed by atoms with E-state index in [1.807, 2.05) is 11.8 Å². The lowest BCUT2D eigenvalue weighted by Gasteiger charge is -2.33. The minimum absolute atomic E-state index is 0.0276. The molecule has 24 heavy (non-hydrogen) atoms. The van der Waals surface area contributed by atoms with Gasteiger partial charge in [-0.25, -0.2) is 9.97 Å². The number of rotatable bonds is 3. The number of halogens is 3. The Hall–Kier alpha value is -2.38. The molecule has 1 aliphatic rings. The van der Waals surface area contributed by atoms with Gasteiger partial charge >= 0.3 is 6.18 Å². The van der Waals surface area contributed by atoms with Gasteiger partial charge in [-0.2, -0.15) is 13.2 Å². The zero-order chi connectivity index (χ0) is 17.2. The number of nitrogens with zero attached hydrogens (tertiary/aromatic N) is 4. The van der Waals surface area contributed by atoms with Crippen molar-refractivity contribution in [1.29, 1.82) is 0 Å². The van der Waals surface area contributed by atoms with Gasteiger partial charge in [-0.3, -0.25) is 4.98 Å². The summed E-state index contributed by atoms with van der Waals surface area (Å²) in [7, 11) is 0. The second kappa shape index (κ2) is 6.62. The normalized spacial score (nSPS) is 16.2. The summed E-state index contributed by atoms with van der Waals surface area (Å²) in [5.74, 6) is 0.504. The molecule has 0 amide bonds. The first-order chi connectivity index (χ1) is 11.4. The third-order valence-corrected chi connectivity index (χ3v) is 3.87. The van der Waals surface area contributed by atoms with Gasteiger partial charge in [-0.15, -0.1) is 0 Å². The molecule has 1 saturated heterocycles. The predicted molar refractivity (Wildman–Crippen MR) is 81.9 cm³/mol. The van der Waals surface area contributed by atoms with Gasteiger partial charge in [0.15, 0.2) is 0 Å². The number of aromatic nitrogens is 3. The lowest BCUT2D eigenvalue weighted by atomic mass is 10.1. The number of hydrogen-bond donors (Lipinski definition) is 0. The summed E-state index contributed by atoms with van der Waals surface area (Å²) in [4.78, 5) is 13.8. The first-order valence-corrected chi connectivity index (χ1v) is 7.65. The van der Waals surface area contributed by atoms with E-state index in [1.165, 1.54) is 12.3 Å². The Bertz CT molecular complexity index is 682. The largest absolute Gasteiger partial charge is 0.473 e. The molecule has 0 saturated carbocycles. The summed E-state index contributed by atoms with van der Waals surface area (Å²) in [5.41, 5.74) is 0.611. The molecule has 0 radical (unpaired) electrons. The van der Waals surface area contributed by atoms with Crippen molar-refractivity contribution >= 4 is 5.69 Å². The highest BCUT2D eigenvalue weighted by molar-refractivity contribution is 5.45. The topological polar surface area (TPSA) is 51.1 Å². The molecule has 3 heterocycles. The molecule has 0 unspecified atom stereocenters. The van der Waals surface area contributed by atoms with Crippen LogP contribution in [0.15, 0.2) is 30.7 Å². The van der Waals surface area contributed by atoms with Crippen molar-refractivity contribution in [2.45, 2.75) is 32.0 Å². The van der Waals surface area contributed by atoms with Crippen LogP contribution in [0, 0.1) is 6.92 Å². The van der Waals surface area contributed by atoms with E-state index >= 15 is 0 Å². The van der Waals surface area contributed by atoms with E-state index in [-0.39, 0.29) is 6.10 Å². The van der Waals surface area contributed by atoms with Crippen molar-refractivity contribution in [2.24, 2.45) is 0 Å². The van der Waals surface area contributed by atoms with Gasteiger partial charge in [0.05, 0.1) is 23.8 Å². The molecule has 1 fully saturated rings. The quantitative estimate of drug-likeness (QED) is 0.860. The highest BCUT2D eigenvalue weighted by Crippen LogP contribution is 2.29. The Labute approximate surface area is 137 Å². The molecule has 3 rings (SSSR count). The molecule has 0 aliphatic carbocycles. The molecular weight excluding hydrogens is 321 g/mol. The minimum Gasteiger partial charge on any atom is -0.473 e. The average Bonchev–Trinajstić information content (AvgIpc) is 2.55. The Morgan fingerprint density at radius 1 is 1.12 bits per heavy atom. The second-order valence-electron chi connectivity index (χ2n) is 5.70. The summed E-state index contributed by atoms with van der Waals surface area (Å²) in [6.45, 7) is 3.23. The molecule has 2 aromatic heterocycles. The van der Waals surface area contributed by atoms with Crippen molar-refractivity contribution in [1.82, 2.24) is 15.0 Å². The maximum absolute atomic E-state index is 12.5. The molecule has 0 spiro atoms. The van der Waals surface area contributed by atoms with Gasteiger partial charge in [0.25, 0.3) is 0 Å². The summed E-state index contributed by atoms with van der Waals surface area (Å²) in [6, 6.07) is 2.48. The van der Waals surface area contributed by atoms with Crippen LogP contribution in [0.1, 0.15) is 24.2 Å². The maximum atomic E-state index is 12.5. The fraction of sp³-hybridized carbons (Fsp3) is 0.438. The fourth-order valence-corrected chi connectivity index (χ4v) is 2.64. The molecular formula is C16H17F3N4O. The Morgan fingerprint density at radius 3 is 2.46 bits per heavy atom. The zero-order valence-electron chi connectivity index (χ0n) is 13.1. The second-order valence-corrected chi connectivity index (χ2v) is 5.70. The monoisotopic (exact) mass is 338 g/mol. The van der Waals surface area contributed by atoms with Crippen molar-refractivity contribution in [3.05, 3.63) is 42.1 Å². The average molecular weight is 338 g/mol. The smallest absolute Gasteiger partial charge is 0.433 e. The van der Waals surface area contributed by atoms with E-state index in [4.69, 9.17) is 4.74 Å². The third kappa shape index (κ3) is 3.93. The maximum Gasteiger partial charge on any atom is 0.433 e. The van der Waals surface area contributed by atoms with E-state index in [0.29, 0.717) is 24.7 Å².